The van der Waals surface area contributed by atoms with Crippen molar-refractivity contribution in [2.45, 2.75) is 13.0 Å². The minimum Gasteiger partial charge on any atom is -0.497 e. The van der Waals surface area contributed by atoms with Gasteiger partial charge in [0.2, 0.25) is 5.82 Å². The first-order valence-corrected chi connectivity index (χ1v) is 11.5. The van der Waals surface area contributed by atoms with Gasteiger partial charge in [0.1, 0.15) is 11.5 Å². The van der Waals surface area contributed by atoms with Crippen LogP contribution in [0.3, 0.4) is 0 Å². The minimum absolute atomic E-state index is 0.292. The van der Waals surface area contributed by atoms with Crippen molar-refractivity contribution in [3.63, 3.8) is 0 Å². The van der Waals surface area contributed by atoms with Gasteiger partial charge in [0, 0.05) is 17.3 Å². The Hall–Kier alpha value is -4.17. The molecule has 4 aromatic rings. The average molecular weight is 485 g/mol. The lowest BCUT2D eigenvalue weighted by Gasteiger charge is -2.37. The van der Waals surface area contributed by atoms with Crippen molar-refractivity contribution in [2.75, 3.05) is 19.1 Å². The van der Waals surface area contributed by atoms with Crippen LogP contribution in [-0.2, 0) is 0 Å². The second-order valence-electron chi connectivity index (χ2n) is 7.98. The van der Waals surface area contributed by atoms with Gasteiger partial charge in [0.05, 0.1) is 31.5 Å². The fraction of sp³-hybridized carbons (Fsp3) is 0.148. The van der Waals surface area contributed by atoms with E-state index in [0.717, 1.165) is 39.6 Å². The van der Waals surface area contributed by atoms with Crippen molar-refractivity contribution in [3.05, 3.63) is 96.0 Å². The molecule has 176 valence electrons. The fourth-order valence-corrected chi connectivity index (χ4v) is 4.52. The molecule has 1 N–H and O–H groups in total. The molecule has 0 fully saturated rings. The molecule has 1 aromatic heterocycles. The Bertz CT molecular complexity index is 1380. The molecule has 0 aliphatic carbocycles. The second kappa shape index (κ2) is 9.60. The summed E-state index contributed by atoms with van der Waals surface area (Å²) in [6, 6.07) is 25.0. The number of hydrogen-bond acceptors (Lipinski definition) is 6. The molecule has 8 heteroatoms. The van der Waals surface area contributed by atoms with E-state index >= 15 is 0 Å². The number of nitrogens with zero attached hydrogens (tertiary/aromatic N) is 3. The molecular formula is C27H24N4O3S. The van der Waals surface area contributed by atoms with E-state index in [2.05, 4.69) is 10.5 Å². The number of methoxy groups -OCH3 is 2. The molecule has 35 heavy (non-hydrogen) atoms. The molecule has 3 aromatic carbocycles. The first-order valence-electron chi connectivity index (χ1n) is 11.1. The van der Waals surface area contributed by atoms with E-state index in [1.807, 2.05) is 90.7 Å². The van der Waals surface area contributed by atoms with Crippen molar-refractivity contribution < 1.29 is 14.0 Å². The third-order valence-electron chi connectivity index (χ3n) is 5.93. The van der Waals surface area contributed by atoms with Gasteiger partial charge in [-0.15, -0.1) is 0 Å². The maximum Gasteiger partial charge on any atom is 0.258 e. The summed E-state index contributed by atoms with van der Waals surface area (Å²) in [5.74, 6) is 2.46. The zero-order valence-electron chi connectivity index (χ0n) is 19.6. The fourth-order valence-electron chi connectivity index (χ4n) is 4.16. The predicted molar refractivity (Wildman–Crippen MR) is 139 cm³/mol. The Morgan fingerprint density at radius 2 is 1.66 bits per heavy atom. The molecule has 1 atom stereocenters. The van der Waals surface area contributed by atoms with Crippen molar-refractivity contribution in [2.24, 2.45) is 0 Å². The number of rotatable bonds is 6. The number of thiocarbonyl (C=S) groups is 1. The van der Waals surface area contributed by atoms with Crippen LogP contribution in [0.1, 0.15) is 24.4 Å². The third-order valence-corrected chi connectivity index (χ3v) is 6.23. The molecular weight excluding hydrogens is 460 g/mol. The monoisotopic (exact) mass is 484 g/mol. The number of aromatic nitrogens is 2. The third kappa shape index (κ3) is 4.36. The van der Waals surface area contributed by atoms with Gasteiger partial charge in [-0.3, -0.25) is 4.90 Å². The van der Waals surface area contributed by atoms with Crippen LogP contribution >= 0.6 is 12.2 Å². The highest BCUT2D eigenvalue weighted by Gasteiger charge is 2.35. The summed E-state index contributed by atoms with van der Waals surface area (Å²) in [6.45, 7) is 2.00. The zero-order chi connectivity index (χ0) is 24.4. The summed E-state index contributed by atoms with van der Waals surface area (Å²) in [4.78, 5) is 6.71. The standard InChI is InChI=1S/C27H24N4O3S/c1-17-23(26-29-25(30-34-26)19-8-5-4-6-9-19)24(18-12-14-21(32-2)15-13-18)28-27(35)31(17)20-10-7-11-22(16-20)33-3/h4-16,24H,1-3H3,(H,28,35). The van der Waals surface area contributed by atoms with Gasteiger partial charge in [0.25, 0.3) is 5.89 Å². The summed E-state index contributed by atoms with van der Waals surface area (Å²) in [5.41, 5.74) is 4.46. The summed E-state index contributed by atoms with van der Waals surface area (Å²) in [6.07, 6.45) is 0. The quantitative estimate of drug-likeness (QED) is 0.354. The molecule has 0 spiro atoms. The van der Waals surface area contributed by atoms with Gasteiger partial charge in [-0.05, 0) is 49.0 Å². The summed E-state index contributed by atoms with van der Waals surface area (Å²) < 4.78 is 16.6. The smallest absolute Gasteiger partial charge is 0.258 e. The largest absolute Gasteiger partial charge is 0.497 e. The van der Waals surface area contributed by atoms with Gasteiger partial charge in [-0.2, -0.15) is 4.98 Å². The van der Waals surface area contributed by atoms with E-state index in [9.17, 15) is 0 Å². The van der Waals surface area contributed by atoms with Crippen LogP contribution in [0.15, 0.2) is 89.1 Å². The van der Waals surface area contributed by atoms with E-state index in [4.69, 9.17) is 31.2 Å². The Labute approximate surface area is 209 Å². The number of hydrogen-bond donors (Lipinski definition) is 1. The molecule has 2 heterocycles. The highest BCUT2D eigenvalue weighted by molar-refractivity contribution is 7.80. The number of benzene rings is 3. The molecule has 0 saturated carbocycles. The lowest BCUT2D eigenvalue weighted by molar-refractivity contribution is 0.404. The van der Waals surface area contributed by atoms with Crippen LogP contribution < -0.4 is 19.7 Å². The number of ether oxygens (including phenoxy) is 2. The predicted octanol–water partition coefficient (Wildman–Crippen LogP) is 5.62. The zero-order valence-corrected chi connectivity index (χ0v) is 20.4. The molecule has 1 aliphatic heterocycles. The van der Waals surface area contributed by atoms with Crippen molar-refractivity contribution in [3.8, 4) is 22.9 Å². The van der Waals surface area contributed by atoms with Crippen molar-refractivity contribution >= 4 is 28.6 Å². The molecule has 5 rings (SSSR count). The van der Waals surface area contributed by atoms with E-state index < -0.39 is 0 Å². The molecule has 0 radical (unpaired) electrons. The van der Waals surface area contributed by atoms with Gasteiger partial charge in [-0.25, -0.2) is 0 Å². The van der Waals surface area contributed by atoms with E-state index in [-0.39, 0.29) is 6.04 Å². The van der Waals surface area contributed by atoms with Gasteiger partial charge < -0.3 is 19.3 Å². The van der Waals surface area contributed by atoms with Crippen LogP contribution in [0, 0.1) is 0 Å². The molecule has 0 amide bonds. The molecule has 0 bridgehead atoms. The first-order chi connectivity index (χ1) is 17.1. The maximum absolute atomic E-state index is 5.82. The highest BCUT2D eigenvalue weighted by Crippen LogP contribution is 2.40. The SMILES string of the molecule is COc1ccc(C2NC(=S)N(c3cccc(OC)c3)C(C)=C2c2nc(-c3ccccc3)no2)cc1. The molecule has 1 aliphatic rings. The first kappa shape index (κ1) is 22.6. The lowest BCUT2D eigenvalue weighted by atomic mass is 9.94. The Morgan fingerprint density at radius 3 is 2.37 bits per heavy atom. The maximum atomic E-state index is 5.82. The van der Waals surface area contributed by atoms with Crippen LogP contribution in [0.2, 0.25) is 0 Å². The second-order valence-corrected chi connectivity index (χ2v) is 8.37. The summed E-state index contributed by atoms with van der Waals surface area (Å²) in [7, 11) is 3.29. The van der Waals surface area contributed by atoms with E-state index in [1.54, 1.807) is 14.2 Å². The van der Waals surface area contributed by atoms with E-state index in [1.165, 1.54) is 0 Å². The number of nitrogens with one attached hydrogen (secondary N) is 1. The van der Waals surface area contributed by atoms with Crippen LogP contribution in [0.4, 0.5) is 5.69 Å². The van der Waals surface area contributed by atoms with Crippen molar-refractivity contribution in [1.82, 2.24) is 15.5 Å². The summed E-state index contributed by atoms with van der Waals surface area (Å²) >= 11 is 5.82. The Morgan fingerprint density at radius 1 is 0.914 bits per heavy atom. The van der Waals surface area contributed by atoms with Crippen LogP contribution in [0.5, 0.6) is 11.5 Å². The van der Waals surface area contributed by atoms with Gasteiger partial charge in [-0.1, -0.05) is 53.7 Å². The number of anilines is 1. The average Bonchev–Trinajstić information content (AvgIpc) is 3.39. The van der Waals surface area contributed by atoms with Gasteiger partial charge >= 0.3 is 0 Å². The van der Waals surface area contributed by atoms with Crippen LogP contribution in [-0.4, -0.2) is 29.5 Å². The highest BCUT2D eigenvalue weighted by atomic mass is 32.1. The van der Waals surface area contributed by atoms with Gasteiger partial charge in [0.15, 0.2) is 5.11 Å². The normalized spacial score (nSPS) is 15.7. The molecule has 0 saturated heterocycles. The minimum atomic E-state index is -0.292. The Kier molecular flexibility index (Phi) is 6.20. The summed E-state index contributed by atoms with van der Waals surface area (Å²) in [5, 5.41) is 8.29. The van der Waals surface area contributed by atoms with Crippen LogP contribution in [0.25, 0.3) is 17.0 Å². The molecule has 7 nitrogen and oxygen atoms in total. The molecule has 1 unspecified atom stereocenters. The Balaban J connectivity index is 1.65. The number of allylic oxidation sites excluding steroid dienone is 1. The van der Waals surface area contributed by atoms with Crippen molar-refractivity contribution in [1.29, 1.82) is 0 Å². The lowest BCUT2D eigenvalue weighted by Crippen LogP contribution is -2.46. The van der Waals surface area contributed by atoms with E-state index in [0.29, 0.717) is 16.8 Å². The topological polar surface area (TPSA) is 72.7 Å².